The van der Waals surface area contributed by atoms with Crippen LogP contribution >= 0.6 is 0 Å². The molecule has 2 saturated carbocycles. The first-order chi connectivity index (χ1) is 9.10. The van der Waals surface area contributed by atoms with Crippen LogP contribution in [0.25, 0.3) is 0 Å². The van der Waals surface area contributed by atoms with E-state index in [-0.39, 0.29) is 12.1 Å². The van der Waals surface area contributed by atoms with Crippen molar-refractivity contribution in [1.82, 2.24) is 10.6 Å². The number of carbonyl (C=O) groups is 2. The van der Waals surface area contributed by atoms with Crippen LogP contribution in [0.4, 0.5) is 4.79 Å². The first kappa shape index (κ1) is 14.2. The lowest BCUT2D eigenvalue weighted by Gasteiger charge is -2.24. The van der Waals surface area contributed by atoms with Gasteiger partial charge in [-0.3, -0.25) is 0 Å². The molecule has 5 heteroatoms. The van der Waals surface area contributed by atoms with Crippen LogP contribution in [0.15, 0.2) is 0 Å². The molecule has 0 aliphatic heterocycles. The largest absolute Gasteiger partial charge is 0.480 e. The molecule has 0 aromatic heterocycles. The highest BCUT2D eigenvalue weighted by Crippen LogP contribution is 2.44. The quantitative estimate of drug-likeness (QED) is 0.690. The van der Waals surface area contributed by atoms with Gasteiger partial charge in [0.25, 0.3) is 0 Å². The number of aliphatic carboxylic acids is 1. The van der Waals surface area contributed by atoms with Gasteiger partial charge in [0.05, 0.1) is 0 Å². The van der Waals surface area contributed by atoms with Gasteiger partial charge in [0.1, 0.15) is 6.04 Å². The average Bonchev–Trinajstić information content (AvgIpc) is 2.96. The fraction of sp³-hybridized carbons (Fsp3) is 0.857. The maximum absolute atomic E-state index is 11.9. The zero-order valence-corrected chi connectivity index (χ0v) is 11.5. The fourth-order valence-electron chi connectivity index (χ4n) is 3.46. The van der Waals surface area contributed by atoms with E-state index in [0.29, 0.717) is 12.3 Å². The van der Waals surface area contributed by atoms with Crippen LogP contribution in [0.1, 0.15) is 51.9 Å². The van der Waals surface area contributed by atoms with E-state index in [4.69, 9.17) is 5.11 Å². The van der Waals surface area contributed by atoms with E-state index in [0.717, 1.165) is 25.2 Å². The van der Waals surface area contributed by atoms with Crippen LogP contribution in [-0.4, -0.2) is 29.2 Å². The molecule has 2 amide bonds. The van der Waals surface area contributed by atoms with Gasteiger partial charge in [0.2, 0.25) is 0 Å². The number of carboxylic acids is 1. The molecule has 2 rings (SSSR count). The summed E-state index contributed by atoms with van der Waals surface area (Å²) in [5, 5.41) is 14.6. The number of rotatable bonds is 6. The normalized spacial score (nSPS) is 30.1. The predicted octanol–water partition coefficient (Wildman–Crippen LogP) is 2.12. The van der Waals surface area contributed by atoms with Gasteiger partial charge in [0.15, 0.2) is 0 Å². The lowest BCUT2D eigenvalue weighted by atomic mass is 9.95. The number of fused-ring (bicyclic) bond motifs is 2. The molecule has 0 aromatic carbocycles. The van der Waals surface area contributed by atoms with Crippen LogP contribution in [0.5, 0.6) is 0 Å². The molecule has 0 heterocycles. The molecule has 0 spiro atoms. The maximum Gasteiger partial charge on any atom is 0.326 e. The van der Waals surface area contributed by atoms with Crippen LogP contribution in [0.2, 0.25) is 0 Å². The van der Waals surface area contributed by atoms with Gasteiger partial charge in [-0.15, -0.1) is 0 Å². The predicted molar refractivity (Wildman–Crippen MR) is 71.9 cm³/mol. The van der Waals surface area contributed by atoms with E-state index in [2.05, 4.69) is 10.6 Å². The first-order valence-corrected chi connectivity index (χ1v) is 7.40. The summed E-state index contributed by atoms with van der Waals surface area (Å²) in [4.78, 5) is 22.9. The van der Waals surface area contributed by atoms with Crippen LogP contribution in [-0.2, 0) is 4.79 Å². The smallest absolute Gasteiger partial charge is 0.326 e. The number of hydrogen-bond acceptors (Lipinski definition) is 2. The lowest BCUT2D eigenvalue weighted by molar-refractivity contribution is -0.139. The molecule has 3 N–H and O–H groups in total. The minimum atomic E-state index is -0.948. The lowest BCUT2D eigenvalue weighted by Crippen LogP contribution is -2.50. The van der Waals surface area contributed by atoms with E-state index < -0.39 is 12.0 Å². The van der Waals surface area contributed by atoms with E-state index in [9.17, 15) is 9.59 Å². The van der Waals surface area contributed by atoms with Crippen molar-refractivity contribution < 1.29 is 14.7 Å². The number of amides is 2. The molecule has 108 valence electrons. The van der Waals surface area contributed by atoms with E-state index in [1.165, 1.54) is 19.3 Å². The topological polar surface area (TPSA) is 78.4 Å². The Morgan fingerprint density at radius 2 is 2.11 bits per heavy atom. The highest BCUT2D eigenvalue weighted by molar-refractivity contribution is 5.82. The van der Waals surface area contributed by atoms with E-state index >= 15 is 0 Å². The SMILES string of the molecule is CCCC[C@H](NC(=O)NC1CC2CCC1C2)C(=O)O. The third kappa shape index (κ3) is 3.61. The number of nitrogens with one attached hydrogen (secondary N) is 2. The summed E-state index contributed by atoms with van der Waals surface area (Å²) in [5.74, 6) is 0.428. The molecular weight excluding hydrogens is 244 g/mol. The number of carbonyl (C=O) groups excluding carboxylic acids is 1. The highest BCUT2D eigenvalue weighted by Gasteiger charge is 2.40. The first-order valence-electron chi connectivity index (χ1n) is 7.40. The minimum Gasteiger partial charge on any atom is -0.480 e. The molecule has 19 heavy (non-hydrogen) atoms. The van der Waals surface area contributed by atoms with Gasteiger partial charge < -0.3 is 15.7 Å². The Hall–Kier alpha value is -1.26. The van der Waals surface area contributed by atoms with Gasteiger partial charge in [-0.25, -0.2) is 9.59 Å². The Labute approximate surface area is 114 Å². The molecule has 4 atom stereocenters. The van der Waals surface area contributed by atoms with Crippen molar-refractivity contribution in [2.24, 2.45) is 11.8 Å². The van der Waals surface area contributed by atoms with Gasteiger partial charge >= 0.3 is 12.0 Å². The summed E-state index contributed by atoms with van der Waals surface area (Å²) in [7, 11) is 0. The molecule has 2 fully saturated rings. The molecule has 0 saturated heterocycles. The molecule has 5 nitrogen and oxygen atoms in total. The van der Waals surface area contributed by atoms with Crippen molar-refractivity contribution in [3.05, 3.63) is 0 Å². The number of hydrogen-bond donors (Lipinski definition) is 3. The summed E-state index contributed by atoms with van der Waals surface area (Å²) < 4.78 is 0. The molecular formula is C14H24N2O3. The zero-order chi connectivity index (χ0) is 13.8. The Bertz CT molecular complexity index is 346. The van der Waals surface area contributed by atoms with Crippen molar-refractivity contribution in [3.63, 3.8) is 0 Å². The zero-order valence-electron chi connectivity index (χ0n) is 11.5. The Morgan fingerprint density at radius 3 is 2.63 bits per heavy atom. The average molecular weight is 268 g/mol. The third-order valence-corrected chi connectivity index (χ3v) is 4.50. The molecule has 0 aromatic rings. The van der Waals surface area contributed by atoms with Crippen molar-refractivity contribution in [2.45, 2.75) is 64.0 Å². The maximum atomic E-state index is 11.9. The second kappa shape index (κ2) is 6.26. The van der Waals surface area contributed by atoms with Crippen molar-refractivity contribution >= 4 is 12.0 Å². The van der Waals surface area contributed by atoms with Crippen LogP contribution in [0.3, 0.4) is 0 Å². The second-order valence-corrected chi connectivity index (χ2v) is 5.93. The molecule has 3 unspecified atom stereocenters. The van der Waals surface area contributed by atoms with Gasteiger partial charge in [-0.05, 0) is 37.5 Å². The van der Waals surface area contributed by atoms with Crippen molar-refractivity contribution in [1.29, 1.82) is 0 Å². The van der Waals surface area contributed by atoms with Crippen molar-refractivity contribution in [3.8, 4) is 0 Å². The standard InChI is InChI=1S/C14H24N2O3/c1-2-3-4-11(13(17)18)15-14(19)16-12-8-9-5-6-10(12)7-9/h9-12H,2-8H2,1H3,(H,17,18)(H2,15,16,19)/t9?,10?,11-,12?/m0/s1. The molecule has 2 aliphatic carbocycles. The number of urea groups is 1. The minimum absolute atomic E-state index is 0.249. The van der Waals surface area contributed by atoms with E-state index in [1.807, 2.05) is 6.92 Å². The van der Waals surface area contributed by atoms with Crippen LogP contribution in [0, 0.1) is 11.8 Å². The molecule has 2 bridgehead atoms. The van der Waals surface area contributed by atoms with Gasteiger partial charge in [0, 0.05) is 6.04 Å². The van der Waals surface area contributed by atoms with Gasteiger partial charge in [-0.2, -0.15) is 0 Å². The summed E-state index contributed by atoms with van der Waals surface area (Å²) in [6, 6.07) is -0.834. The molecule has 2 aliphatic rings. The Balaban J connectivity index is 1.77. The van der Waals surface area contributed by atoms with Gasteiger partial charge in [-0.1, -0.05) is 26.2 Å². The van der Waals surface area contributed by atoms with Crippen molar-refractivity contribution in [2.75, 3.05) is 0 Å². The summed E-state index contributed by atoms with van der Waals surface area (Å²) in [6.07, 6.45) is 7.02. The summed E-state index contributed by atoms with van der Waals surface area (Å²) in [5.41, 5.74) is 0. The monoisotopic (exact) mass is 268 g/mol. The highest BCUT2D eigenvalue weighted by atomic mass is 16.4. The molecule has 0 radical (unpaired) electrons. The van der Waals surface area contributed by atoms with E-state index in [1.54, 1.807) is 0 Å². The second-order valence-electron chi connectivity index (χ2n) is 5.93. The third-order valence-electron chi connectivity index (χ3n) is 4.50. The van der Waals surface area contributed by atoms with Crippen LogP contribution < -0.4 is 10.6 Å². The fourth-order valence-corrected chi connectivity index (χ4v) is 3.46. The number of carboxylic acid groups (broad SMARTS) is 1. The number of unbranched alkanes of at least 4 members (excludes halogenated alkanes) is 1. The Morgan fingerprint density at radius 1 is 1.32 bits per heavy atom. The Kier molecular flexibility index (Phi) is 4.66. The summed E-state index contributed by atoms with van der Waals surface area (Å²) >= 11 is 0. The summed E-state index contributed by atoms with van der Waals surface area (Å²) in [6.45, 7) is 2.01.